The van der Waals surface area contributed by atoms with Gasteiger partial charge in [-0.2, -0.15) is 8.42 Å². The van der Waals surface area contributed by atoms with E-state index < -0.39 is 59.8 Å². The van der Waals surface area contributed by atoms with Crippen molar-refractivity contribution in [1.82, 2.24) is 0 Å². The maximum Gasteiger partial charge on any atom is 0.397 e. The molecule has 0 aromatic carbocycles. The predicted octanol–water partition coefficient (Wildman–Crippen LogP) is 10.2. The minimum absolute atomic E-state index is 0.0278. The van der Waals surface area contributed by atoms with Crippen LogP contribution in [0.15, 0.2) is 36.5 Å². The molecule has 0 aromatic heterocycles. The molecular weight excluding hydrogens is 789 g/mol. The maximum absolute atomic E-state index is 12.9. The van der Waals surface area contributed by atoms with Crippen LogP contribution >= 0.6 is 0 Å². The van der Waals surface area contributed by atoms with Crippen molar-refractivity contribution < 1.29 is 56.2 Å². The van der Waals surface area contributed by atoms with Crippen molar-refractivity contribution in [1.29, 1.82) is 0 Å². The van der Waals surface area contributed by atoms with Crippen LogP contribution in [0.4, 0.5) is 0 Å². The van der Waals surface area contributed by atoms with Crippen LogP contribution in [0, 0.1) is 0 Å². The van der Waals surface area contributed by atoms with Gasteiger partial charge in [-0.3, -0.25) is 9.35 Å². The molecule has 0 amide bonds. The molecule has 0 spiro atoms. The monoisotopic (exact) mass is 875 g/mol. The Morgan fingerprint density at radius 1 is 0.633 bits per heavy atom. The van der Waals surface area contributed by atoms with Crippen LogP contribution in [0.2, 0.25) is 0 Å². The second kappa shape index (κ2) is 39.0. The molecule has 1 rings (SSSR count). The summed E-state index contributed by atoms with van der Waals surface area (Å²) in [5.41, 5.74) is 0. The second-order valence-corrected chi connectivity index (χ2v) is 17.4. The zero-order valence-corrected chi connectivity index (χ0v) is 38.3. The number of rotatable bonds is 41. The maximum atomic E-state index is 12.9. The number of aliphatic hydroxyl groups excluding tert-OH is 3. The molecule has 1 aliphatic heterocycles. The van der Waals surface area contributed by atoms with E-state index in [4.69, 9.17) is 23.5 Å². The quantitative estimate of drug-likeness (QED) is 0.0198. The number of carbonyl (C=O) groups excluding carboxylic acids is 1. The molecular formula is C47H86O12S. The Morgan fingerprint density at radius 3 is 1.65 bits per heavy atom. The van der Waals surface area contributed by atoms with Crippen molar-refractivity contribution in [3.05, 3.63) is 36.5 Å². The van der Waals surface area contributed by atoms with Crippen molar-refractivity contribution in [2.75, 3.05) is 26.4 Å². The molecule has 13 heteroatoms. The van der Waals surface area contributed by atoms with Gasteiger partial charge in [-0.1, -0.05) is 159 Å². The summed E-state index contributed by atoms with van der Waals surface area (Å²) < 4.78 is 59.1. The molecule has 1 saturated heterocycles. The van der Waals surface area contributed by atoms with E-state index in [0.717, 1.165) is 70.6 Å². The summed E-state index contributed by atoms with van der Waals surface area (Å²) >= 11 is 0. The van der Waals surface area contributed by atoms with E-state index in [1.165, 1.54) is 96.3 Å². The molecule has 352 valence electrons. The topological polar surface area (TPSA) is 178 Å². The normalized spacial score (nSPS) is 20.5. The van der Waals surface area contributed by atoms with Crippen LogP contribution in [0.3, 0.4) is 0 Å². The lowest BCUT2D eigenvalue weighted by Gasteiger charge is -2.41. The number of hydrogen-bond donors (Lipinski definition) is 4. The van der Waals surface area contributed by atoms with Gasteiger partial charge in [-0.25, -0.2) is 4.18 Å². The van der Waals surface area contributed by atoms with Gasteiger partial charge < -0.3 is 34.3 Å². The number of hydrogen-bond acceptors (Lipinski definition) is 11. The van der Waals surface area contributed by atoms with Crippen LogP contribution in [0.1, 0.15) is 194 Å². The van der Waals surface area contributed by atoms with Gasteiger partial charge in [0, 0.05) is 13.0 Å². The highest BCUT2D eigenvalue weighted by Crippen LogP contribution is 2.26. The van der Waals surface area contributed by atoms with Crippen LogP contribution < -0.4 is 0 Å². The summed E-state index contributed by atoms with van der Waals surface area (Å²) in [6, 6.07) is 0. The Morgan fingerprint density at radius 2 is 1.12 bits per heavy atom. The minimum atomic E-state index is -5.06. The van der Waals surface area contributed by atoms with Crippen molar-refractivity contribution in [2.45, 2.75) is 230 Å². The van der Waals surface area contributed by atoms with Gasteiger partial charge in [-0.05, 0) is 64.2 Å². The lowest BCUT2D eigenvalue weighted by Crippen LogP contribution is -2.60. The fourth-order valence-corrected chi connectivity index (χ4v) is 7.60. The molecule has 4 N–H and O–H groups in total. The third-order valence-electron chi connectivity index (χ3n) is 10.7. The molecule has 0 saturated carbocycles. The fourth-order valence-electron chi connectivity index (χ4n) is 7.10. The van der Waals surface area contributed by atoms with E-state index in [0.29, 0.717) is 13.0 Å². The van der Waals surface area contributed by atoms with E-state index in [1.54, 1.807) is 0 Å². The first-order chi connectivity index (χ1) is 29.1. The van der Waals surface area contributed by atoms with Gasteiger partial charge in [0.25, 0.3) is 0 Å². The van der Waals surface area contributed by atoms with Gasteiger partial charge in [0.15, 0.2) is 6.29 Å². The largest absolute Gasteiger partial charge is 0.457 e. The van der Waals surface area contributed by atoms with Crippen LogP contribution in [-0.2, 0) is 38.3 Å². The average molecular weight is 875 g/mol. The first-order valence-electron chi connectivity index (χ1n) is 23.7. The summed E-state index contributed by atoms with van der Waals surface area (Å²) in [6.45, 7) is 3.93. The number of carbonyl (C=O) groups is 1. The Balaban J connectivity index is 2.41. The molecule has 6 atom stereocenters. The molecule has 1 fully saturated rings. The van der Waals surface area contributed by atoms with Crippen LogP contribution in [-0.4, -0.2) is 97.5 Å². The highest BCUT2D eigenvalue weighted by molar-refractivity contribution is 7.80. The zero-order chi connectivity index (χ0) is 43.9. The van der Waals surface area contributed by atoms with E-state index >= 15 is 0 Å². The van der Waals surface area contributed by atoms with Gasteiger partial charge in [0.1, 0.15) is 30.5 Å². The summed E-state index contributed by atoms with van der Waals surface area (Å²) in [6.07, 6.45) is 36.0. The van der Waals surface area contributed by atoms with E-state index in [1.807, 2.05) is 0 Å². The fraction of sp³-hybridized carbons (Fsp3) is 0.851. The van der Waals surface area contributed by atoms with Crippen LogP contribution in [0.5, 0.6) is 0 Å². The van der Waals surface area contributed by atoms with Crippen molar-refractivity contribution in [3.8, 4) is 0 Å². The first kappa shape index (κ1) is 56.3. The van der Waals surface area contributed by atoms with E-state index in [2.05, 4.69) is 54.5 Å². The molecule has 0 bridgehead atoms. The average Bonchev–Trinajstić information content (AvgIpc) is 3.22. The number of ether oxygens (including phenoxy) is 4. The highest BCUT2D eigenvalue weighted by atomic mass is 32.3. The van der Waals surface area contributed by atoms with Crippen molar-refractivity contribution in [3.63, 3.8) is 0 Å². The molecule has 1 aliphatic rings. The van der Waals surface area contributed by atoms with Crippen molar-refractivity contribution >= 4 is 16.4 Å². The molecule has 12 nitrogen and oxygen atoms in total. The van der Waals surface area contributed by atoms with Gasteiger partial charge in [-0.15, -0.1) is 0 Å². The van der Waals surface area contributed by atoms with Gasteiger partial charge in [0.2, 0.25) is 0 Å². The van der Waals surface area contributed by atoms with E-state index in [-0.39, 0.29) is 19.6 Å². The number of allylic oxidation sites excluding steroid dienone is 6. The SMILES string of the molecule is CCCC/C=C\C/C=C\CCCCCCCCOCC(COC1OC(CO)C(O)C(OS(=O)(=O)O)C1O)OC(=O)CCCCCCCCC/C=C\CCCCCCCCC. The third-order valence-corrected chi connectivity index (χ3v) is 11.2. The predicted molar refractivity (Wildman–Crippen MR) is 239 cm³/mol. The number of esters is 1. The highest BCUT2D eigenvalue weighted by Gasteiger charge is 2.48. The molecule has 0 aromatic rings. The number of aliphatic hydroxyl groups is 3. The molecule has 6 unspecified atom stereocenters. The van der Waals surface area contributed by atoms with E-state index in [9.17, 15) is 28.5 Å². The molecule has 0 aliphatic carbocycles. The second-order valence-electron chi connectivity index (χ2n) is 16.3. The number of unbranched alkanes of at least 4 members (excludes halogenated alkanes) is 22. The lowest BCUT2D eigenvalue weighted by atomic mass is 9.99. The van der Waals surface area contributed by atoms with Gasteiger partial charge in [0.05, 0.1) is 19.8 Å². The zero-order valence-electron chi connectivity index (χ0n) is 37.5. The molecule has 0 radical (unpaired) electrons. The van der Waals surface area contributed by atoms with Crippen LogP contribution in [0.25, 0.3) is 0 Å². The summed E-state index contributed by atoms with van der Waals surface area (Å²) in [7, 11) is -5.06. The molecule has 60 heavy (non-hydrogen) atoms. The summed E-state index contributed by atoms with van der Waals surface area (Å²) in [5, 5.41) is 30.7. The molecule has 1 heterocycles. The first-order valence-corrected chi connectivity index (χ1v) is 25.1. The Labute approximate surface area is 364 Å². The summed E-state index contributed by atoms with van der Waals surface area (Å²) in [4.78, 5) is 12.9. The third kappa shape index (κ3) is 32.1. The minimum Gasteiger partial charge on any atom is -0.457 e. The van der Waals surface area contributed by atoms with Crippen molar-refractivity contribution in [2.24, 2.45) is 0 Å². The Bertz CT molecular complexity index is 1190. The van der Waals surface area contributed by atoms with Gasteiger partial charge >= 0.3 is 16.4 Å². The Kier molecular flexibility index (Phi) is 36.6. The standard InChI is InChI=1S/C47H86O12S/c1-3-5-7-9-11-13-15-17-19-20-21-22-24-26-28-30-32-34-36-43(49)57-41(40-56-47-45(51)46(59-60(52,53)54)44(50)42(38-48)58-47)39-55-37-35-33-31-29-27-25-23-18-16-14-12-10-8-6-4-2/h10,12,16,18-20,41-42,44-48,50-51H,3-9,11,13-15,17,21-40H2,1-2H3,(H,52,53,54)/b12-10-,18-16-,20-19-. The smallest absolute Gasteiger partial charge is 0.397 e. The summed E-state index contributed by atoms with van der Waals surface area (Å²) in [5.74, 6) is -0.407. The Hall–Kier alpha value is -1.68. The lowest BCUT2D eigenvalue weighted by molar-refractivity contribution is -0.301.